The minimum Gasteiger partial charge on any atom is -0.497 e. The van der Waals surface area contributed by atoms with Crippen molar-refractivity contribution in [1.82, 2.24) is 0 Å². The molecule has 7 heteroatoms. The van der Waals surface area contributed by atoms with Crippen LogP contribution in [0.5, 0.6) is 5.75 Å². The zero-order valence-corrected chi connectivity index (χ0v) is 16.2. The van der Waals surface area contributed by atoms with E-state index in [4.69, 9.17) is 4.74 Å². The standard InChI is InChI=1S/C20H17NO4S2/c1-25-17-9-5-15(6-10-17)19(20-26-12-13-27-20)18(22)11-4-14-2-7-16(8-3-14)21(23)24/h2-11H,12-13H2,1H3/b11-4+. The molecule has 1 aliphatic heterocycles. The van der Waals surface area contributed by atoms with Gasteiger partial charge in [0.2, 0.25) is 0 Å². The summed E-state index contributed by atoms with van der Waals surface area (Å²) in [5, 5.41) is 10.7. The number of methoxy groups -OCH3 is 1. The highest BCUT2D eigenvalue weighted by molar-refractivity contribution is 8.25. The molecule has 1 saturated heterocycles. The van der Waals surface area contributed by atoms with E-state index in [1.165, 1.54) is 18.2 Å². The van der Waals surface area contributed by atoms with Crippen LogP contribution in [0.15, 0.2) is 58.8 Å². The van der Waals surface area contributed by atoms with Crippen molar-refractivity contribution in [2.75, 3.05) is 18.6 Å². The van der Waals surface area contributed by atoms with Crippen LogP contribution in [-0.4, -0.2) is 29.3 Å². The smallest absolute Gasteiger partial charge is 0.269 e. The highest BCUT2D eigenvalue weighted by Crippen LogP contribution is 2.42. The van der Waals surface area contributed by atoms with Crippen LogP contribution in [0.1, 0.15) is 11.1 Å². The maximum atomic E-state index is 12.9. The van der Waals surface area contributed by atoms with Gasteiger partial charge in [-0.1, -0.05) is 18.2 Å². The summed E-state index contributed by atoms with van der Waals surface area (Å²) in [6.45, 7) is 0. The molecule has 0 radical (unpaired) electrons. The number of nitrogens with zero attached hydrogens (tertiary/aromatic N) is 1. The highest BCUT2D eigenvalue weighted by Gasteiger charge is 2.20. The first-order valence-corrected chi connectivity index (χ1v) is 10.2. The van der Waals surface area contributed by atoms with E-state index in [1.807, 2.05) is 24.3 Å². The maximum Gasteiger partial charge on any atom is 0.269 e. The van der Waals surface area contributed by atoms with E-state index < -0.39 is 4.92 Å². The molecular weight excluding hydrogens is 382 g/mol. The quantitative estimate of drug-likeness (QED) is 0.385. The fraction of sp³-hybridized carbons (Fsp3) is 0.150. The number of ketones is 1. The number of benzene rings is 2. The lowest BCUT2D eigenvalue weighted by molar-refractivity contribution is -0.384. The van der Waals surface area contributed by atoms with Gasteiger partial charge >= 0.3 is 0 Å². The molecule has 1 heterocycles. The van der Waals surface area contributed by atoms with Gasteiger partial charge in [-0.2, -0.15) is 0 Å². The Morgan fingerprint density at radius 1 is 1.07 bits per heavy atom. The normalized spacial score (nSPS) is 13.7. The molecule has 0 amide bonds. The fourth-order valence-corrected chi connectivity index (χ4v) is 5.13. The lowest BCUT2D eigenvalue weighted by Gasteiger charge is -2.09. The molecule has 2 aromatic rings. The minimum atomic E-state index is -0.445. The van der Waals surface area contributed by atoms with Crippen LogP contribution in [-0.2, 0) is 4.79 Å². The second kappa shape index (κ2) is 8.92. The number of ether oxygens (including phenoxy) is 1. The lowest BCUT2D eigenvalue weighted by atomic mass is 10.0. The number of allylic oxidation sites excluding steroid dienone is 2. The van der Waals surface area contributed by atoms with Crippen LogP contribution in [0, 0.1) is 10.1 Å². The Bertz CT molecular complexity index is 895. The van der Waals surface area contributed by atoms with Crippen molar-refractivity contribution in [3.05, 3.63) is 80.1 Å². The molecule has 27 heavy (non-hydrogen) atoms. The minimum absolute atomic E-state index is 0.0262. The Hall–Kier alpha value is -2.51. The Labute approximate surface area is 165 Å². The Balaban J connectivity index is 1.87. The van der Waals surface area contributed by atoms with E-state index in [9.17, 15) is 14.9 Å². The molecule has 0 aromatic heterocycles. The van der Waals surface area contributed by atoms with Crippen molar-refractivity contribution in [2.24, 2.45) is 0 Å². The first-order valence-electron chi connectivity index (χ1n) is 8.19. The predicted molar refractivity (Wildman–Crippen MR) is 112 cm³/mol. The molecule has 1 fully saturated rings. The van der Waals surface area contributed by atoms with Gasteiger partial charge in [-0.15, -0.1) is 23.5 Å². The van der Waals surface area contributed by atoms with E-state index in [2.05, 4.69) is 0 Å². The van der Waals surface area contributed by atoms with Gasteiger partial charge in [0.25, 0.3) is 5.69 Å². The zero-order valence-electron chi connectivity index (χ0n) is 14.6. The maximum absolute atomic E-state index is 12.9. The Morgan fingerprint density at radius 2 is 1.70 bits per heavy atom. The summed E-state index contributed by atoms with van der Waals surface area (Å²) in [5.74, 6) is 2.62. The van der Waals surface area contributed by atoms with Gasteiger partial charge < -0.3 is 4.74 Å². The van der Waals surface area contributed by atoms with Gasteiger partial charge in [-0.25, -0.2) is 0 Å². The summed E-state index contributed by atoms with van der Waals surface area (Å²) in [4.78, 5) is 23.2. The van der Waals surface area contributed by atoms with Crippen molar-refractivity contribution in [3.63, 3.8) is 0 Å². The van der Waals surface area contributed by atoms with Crippen LogP contribution >= 0.6 is 23.5 Å². The van der Waals surface area contributed by atoms with Crippen molar-refractivity contribution in [3.8, 4) is 5.75 Å². The number of rotatable bonds is 6. The third kappa shape index (κ3) is 4.81. The number of hydrogen-bond acceptors (Lipinski definition) is 6. The predicted octanol–water partition coefficient (Wildman–Crippen LogP) is 5.03. The second-order valence-corrected chi connectivity index (χ2v) is 8.10. The summed E-state index contributed by atoms with van der Waals surface area (Å²) in [6.07, 6.45) is 3.20. The molecule has 0 N–H and O–H groups in total. The van der Waals surface area contributed by atoms with Gasteiger partial charge in [0, 0.05) is 29.2 Å². The molecule has 0 unspecified atom stereocenters. The Morgan fingerprint density at radius 3 is 2.26 bits per heavy atom. The molecule has 2 aromatic carbocycles. The van der Waals surface area contributed by atoms with E-state index >= 15 is 0 Å². The van der Waals surface area contributed by atoms with E-state index in [0.717, 1.165) is 32.6 Å². The van der Waals surface area contributed by atoms with Crippen molar-refractivity contribution in [1.29, 1.82) is 0 Å². The SMILES string of the molecule is COc1ccc(C(C(=O)/C=C/c2ccc([N+](=O)[O-])cc2)=C2SCCS2)cc1. The molecule has 0 saturated carbocycles. The average molecular weight is 399 g/mol. The number of thioether (sulfide) groups is 2. The van der Waals surface area contributed by atoms with Gasteiger partial charge in [0.05, 0.1) is 16.3 Å². The number of nitro benzene ring substituents is 1. The van der Waals surface area contributed by atoms with Crippen LogP contribution < -0.4 is 4.74 Å². The third-order valence-corrected chi connectivity index (χ3v) is 6.62. The topological polar surface area (TPSA) is 69.4 Å². The first kappa shape index (κ1) is 19.3. The third-order valence-electron chi connectivity index (χ3n) is 3.91. The van der Waals surface area contributed by atoms with E-state index in [-0.39, 0.29) is 11.5 Å². The molecule has 3 rings (SSSR count). The van der Waals surface area contributed by atoms with Crippen molar-refractivity contribution < 1.29 is 14.5 Å². The van der Waals surface area contributed by atoms with Crippen LogP contribution in [0.2, 0.25) is 0 Å². The summed E-state index contributed by atoms with van der Waals surface area (Å²) in [6, 6.07) is 13.6. The van der Waals surface area contributed by atoms with Crippen LogP contribution in [0.4, 0.5) is 5.69 Å². The number of hydrogen-bond donors (Lipinski definition) is 0. The summed E-state index contributed by atoms with van der Waals surface area (Å²) >= 11 is 3.38. The van der Waals surface area contributed by atoms with Gasteiger partial charge in [-0.05, 0) is 41.5 Å². The van der Waals surface area contributed by atoms with Gasteiger partial charge in [0.1, 0.15) is 5.75 Å². The number of carbonyl (C=O) groups is 1. The molecule has 0 aliphatic carbocycles. The van der Waals surface area contributed by atoms with Crippen LogP contribution in [0.3, 0.4) is 0 Å². The monoisotopic (exact) mass is 399 g/mol. The first-order chi connectivity index (χ1) is 13.1. The number of carbonyl (C=O) groups excluding carboxylic acids is 1. The highest BCUT2D eigenvalue weighted by atomic mass is 32.2. The molecule has 0 atom stereocenters. The molecule has 138 valence electrons. The van der Waals surface area contributed by atoms with Gasteiger partial charge in [-0.3, -0.25) is 14.9 Å². The number of non-ortho nitro benzene ring substituents is 1. The summed E-state index contributed by atoms with van der Waals surface area (Å²) < 4.78 is 6.22. The molecule has 0 spiro atoms. The van der Waals surface area contributed by atoms with E-state index in [1.54, 1.807) is 48.8 Å². The van der Waals surface area contributed by atoms with Gasteiger partial charge in [0.15, 0.2) is 5.78 Å². The van der Waals surface area contributed by atoms with Crippen molar-refractivity contribution >= 4 is 46.6 Å². The largest absolute Gasteiger partial charge is 0.497 e. The number of nitro groups is 1. The van der Waals surface area contributed by atoms with Crippen LogP contribution in [0.25, 0.3) is 11.6 Å². The molecule has 0 bridgehead atoms. The van der Waals surface area contributed by atoms with Crippen molar-refractivity contribution in [2.45, 2.75) is 0 Å². The lowest BCUT2D eigenvalue weighted by Crippen LogP contribution is -2.00. The fourth-order valence-electron chi connectivity index (χ4n) is 2.54. The molecule has 5 nitrogen and oxygen atoms in total. The molecular formula is C20H17NO4S2. The van der Waals surface area contributed by atoms with E-state index in [0.29, 0.717) is 5.57 Å². The second-order valence-electron chi connectivity index (χ2n) is 5.63. The summed E-state index contributed by atoms with van der Waals surface area (Å²) in [7, 11) is 1.61. The Kier molecular flexibility index (Phi) is 6.36. The molecule has 1 aliphatic rings. The zero-order chi connectivity index (χ0) is 19.2. The summed E-state index contributed by atoms with van der Waals surface area (Å²) in [5.41, 5.74) is 2.30. The average Bonchev–Trinajstić information content (AvgIpc) is 3.21.